The molecular formula is C35H50N4O4. The molecule has 234 valence electrons. The number of methoxy groups -OCH3 is 1. The molecule has 8 nitrogen and oxygen atoms in total. The van der Waals surface area contributed by atoms with E-state index >= 15 is 0 Å². The van der Waals surface area contributed by atoms with Crippen LogP contribution in [0.15, 0.2) is 54.6 Å². The van der Waals surface area contributed by atoms with E-state index in [1.54, 1.807) is 7.11 Å². The molecule has 3 N–H and O–H groups in total. The first-order chi connectivity index (χ1) is 21.0. The van der Waals surface area contributed by atoms with Gasteiger partial charge >= 0.3 is 6.03 Å². The first-order valence-electron chi connectivity index (χ1n) is 16.1. The summed E-state index contributed by atoms with van der Waals surface area (Å²) in [4.78, 5) is 15.2. The maximum absolute atomic E-state index is 13.3. The summed E-state index contributed by atoms with van der Waals surface area (Å²) < 4.78 is 11.6. The van der Waals surface area contributed by atoms with Crippen LogP contribution >= 0.6 is 0 Å². The number of ether oxygens (including phenoxy) is 2. The Balaban J connectivity index is 1.20. The molecule has 4 rings (SSSR count). The quantitative estimate of drug-likeness (QED) is 0.249. The molecule has 1 saturated heterocycles. The summed E-state index contributed by atoms with van der Waals surface area (Å²) in [5.74, 6) is 0.675. The fourth-order valence-electron chi connectivity index (χ4n) is 6.49. The van der Waals surface area contributed by atoms with E-state index in [-0.39, 0.29) is 24.1 Å². The van der Waals surface area contributed by atoms with Crippen molar-refractivity contribution in [2.45, 2.75) is 89.1 Å². The van der Waals surface area contributed by atoms with Gasteiger partial charge in [-0.25, -0.2) is 4.79 Å². The molecule has 0 bridgehead atoms. The van der Waals surface area contributed by atoms with E-state index in [0.29, 0.717) is 43.7 Å². The van der Waals surface area contributed by atoms with Crippen molar-refractivity contribution in [3.63, 3.8) is 0 Å². The SMILES string of the molecule is COCCCOC(c1ccccc1)[C@@H]1CCCN(C(=O)N[C@@H](C)[C@@H](O)CC2CCC(NCc3ccc(C#N)cc3)CC2)C1. The molecule has 2 aromatic rings. The number of hydrogen-bond acceptors (Lipinski definition) is 6. The minimum absolute atomic E-state index is 0.0644. The van der Waals surface area contributed by atoms with Crippen LogP contribution in [-0.2, 0) is 16.0 Å². The summed E-state index contributed by atoms with van der Waals surface area (Å²) in [6.45, 7) is 5.36. The Morgan fingerprint density at radius 3 is 2.51 bits per heavy atom. The number of piperidine rings is 1. The molecule has 4 atom stereocenters. The number of carbonyl (C=O) groups is 1. The van der Waals surface area contributed by atoms with Gasteiger partial charge in [-0.1, -0.05) is 42.5 Å². The number of rotatable bonds is 14. The van der Waals surface area contributed by atoms with E-state index in [1.807, 2.05) is 54.3 Å². The number of nitriles is 1. The van der Waals surface area contributed by atoms with Crippen LogP contribution in [0.1, 0.15) is 81.1 Å². The number of hydrogen-bond donors (Lipinski definition) is 3. The lowest BCUT2D eigenvalue weighted by Gasteiger charge is -2.38. The van der Waals surface area contributed by atoms with Gasteiger partial charge in [-0.3, -0.25) is 0 Å². The Kier molecular flexibility index (Phi) is 13.3. The van der Waals surface area contributed by atoms with Gasteiger partial charge in [0.2, 0.25) is 0 Å². The highest BCUT2D eigenvalue weighted by Crippen LogP contribution is 2.33. The topological polar surface area (TPSA) is 107 Å². The number of aliphatic hydroxyl groups excluding tert-OH is 1. The van der Waals surface area contributed by atoms with E-state index in [1.165, 1.54) is 5.56 Å². The summed E-state index contributed by atoms with van der Waals surface area (Å²) in [5.41, 5.74) is 3.02. The van der Waals surface area contributed by atoms with Crippen LogP contribution in [0.5, 0.6) is 0 Å². The molecular weight excluding hydrogens is 540 g/mol. The molecule has 0 aromatic heterocycles. The number of nitrogens with zero attached hydrogens (tertiary/aromatic N) is 2. The van der Waals surface area contributed by atoms with Gasteiger partial charge in [0.25, 0.3) is 0 Å². The maximum Gasteiger partial charge on any atom is 0.317 e. The third-order valence-electron chi connectivity index (χ3n) is 9.12. The zero-order valence-electron chi connectivity index (χ0n) is 25.9. The van der Waals surface area contributed by atoms with Crippen molar-refractivity contribution in [2.24, 2.45) is 11.8 Å². The summed E-state index contributed by atoms with van der Waals surface area (Å²) in [6.07, 6.45) is 7.16. The summed E-state index contributed by atoms with van der Waals surface area (Å²) in [6, 6.07) is 20.3. The van der Waals surface area contributed by atoms with Gasteiger partial charge in [-0.05, 0) is 87.5 Å². The lowest BCUT2D eigenvalue weighted by molar-refractivity contribution is -0.0170. The maximum atomic E-state index is 13.3. The van der Waals surface area contributed by atoms with Crippen molar-refractivity contribution >= 4 is 6.03 Å². The van der Waals surface area contributed by atoms with Crippen molar-refractivity contribution in [3.05, 3.63) is 71.3 Å². The van der Waals surface area contributed by atoms with Gasteiger partial charge in [0.15, 0.2) is 0 Å². The molecule has 0 radical (unpaired) electrons. The number of likely N-dealkylation sites (tertiary alicyclic amines) is 1. The second-order valence-electron chi connectivity index (χ2n) is 12.3. The van der Waals surface area contributed by atoms with Crippen LogP contribution in [0.3, 0.4) is 0 Å². The predicted molar refractivity (Wildman–Crippen MR) is 168 cm³/mol. The van der Waals surface area contributed by atoms with Crippen LogP contribution < -0.4 is 10.6 Å². The lowest BCUT2D eigenvalue weighted by atomic mass is 9.82. The molecule has 1 unspecified atom stereocenters. The van der Waals surface area contributed by atoms with Crippen LogP contribution in [0, 0.1) is 23.2 Å². The summed E-state index contributed by atoms with van der Waals surface area (Å²) in [5, 5.41) is 26.7. The number of aliphatic hydroxyl groups is 1. The second kappa shape index (κ2) is 17.4. The van der Waals surface area contributed by atoms with Gasteiger partial charge in [-0.15, -0.1) is 0 Å². The Bertz CT molecular complexity index is 1130. The van der Waals surface area contributed by atoms with Crippen molar-refractivity contribution in [3.8, 4) is 6.07 Å². The zero-order valence-corrected chi connectivity index (χ0v) is 25.9. The van der Waals surface area contributed by atoms with Crippen molar-refractivity contribution in [2.75, 3.05) is 33.4 Å². The van der Waals surface area contributed by atoms with Crippen molar-refractivity contribution < 1.29 is 19.4 Å². The largest absolute Gasteiger partial charge is 0.391 e. The molecule has 2 amide bonds. The Hall–Kier alpha value is -2.96. The standard InChI is InChI=1S/C35H50N4O4/c1-26(33(40)22-27-15-17-32(18-16-27)37-24-29-13-11-28(23-36)12-14-29)38-35(41)39-19-6-10-31(25-39)34(43-21-7-20-42-2)30-8-4-3-5-9-30/h3-5,8-9,11-14,26-27,31-34,37,40H,6-7,10,15-22,24-25H2,1-2H3,(H,38,41)/t26-,27?,31+,32?,33-,34?/m0/s1. The summed E-state index contributed by atoms with van der Waals surface area (Å²) >= 11 is 0. The molecule has 2 aliphatic rings. The molecule has 1 heterocycles. The van der Waals surface area contributed by atoms with Gasteiger partial charge in [0.05, 0.1) is 29.9 Å². The van der Waals surface area contributed by atoms with Crippen molar-refractivity contribution in [1.82, 2.24) is 15.5 Å². The van der Waals surface area contributed by atoms with Crippen molar-refractivity contribution in [1.29, 1.82) is 5.26 Å². The highest BCUT2D eigenvalue weighted by Gasteiger charge is 2.32. The third kappa shape index (κ3) is 10.3. The van der Waals surface area contributed by atoms with E-state index in [9.17, 15) is 9.90 Å². The minimum atomic E-state index is -0.570. The van der Waals surface area contributed by atoms with E-state index in [4.69, 9.17) is 14.7 Å². The first kappa shape index (κ1) is 32.9. The molecule has 8 heteroatoms. The van der Waals surface area contributed by atoms with Crippen LogP contribution in [-0.4, -0.2) is 67.6 Å². The van der Waals surface area contributed by atoms with Crippen LogP contribution in [0.4, 0.5) is 4.79 Å². The number of carbonyl (C=O) groups excluding carboxylic acids is 1. The third-order valence-corrected chi connectivity index (χ3v) is 9.12. The Morgan fingerprint density at radius 2 is 1.81 bits per heavy atom. The number of amides is 2. The zero-order chi connectivity index (χ0) is 30.4. The number of nitrogens with one attached hydrogen (secondary N) is 2. The second-order valence-corrected chi connectivity index (χ2v) is 12.3. The highest BCUT2D eigenvalue weighted by atomic mass is 16.5. The van der Waals surface area contributed by atoms with E-state index in [0.717, 1.165) is 63.6 Å². The smallest absolute Gasteiger partial charge is 0.317 e. The van der Waals surface area contributed by atoms with Gasteiger partial charge in [0, 0.05) is 51.9 Å². The molecule has 1 aliphatic carbocycles. The van der Waals surface area contributed by atoms with E-state index in [2.05, 4.69) is 28.8 Å². The molecule has 43 heavy (non-hydrogen) atoms. The molecule has 1 saturated carbocycles. The average Bonchev–Trinajstić information content (AvgIpc) is 3.05. The Labute approximate surface area is 257 Å². The summed E-state index contributed by atoms with van der Waals surface area (Å²) in [7, 11) is 1.70. The van der Waals surface area contributed by atoms with Gasteiger partial charge in [0.1, 0.15) is 0 Å². The molecule has 0 spiro atoms. The number of benzene rings is 2. The highest BCUT2D eigenvalue weighted by molar-refractivity contribution is 5.74. The molecule has 2 aromatic carbocycles. The lowest BCUT2D eigenvalue weighted by Crippen LogP contribution is -2.51. The van der Waals surface area contributed by atoms with E-state index < -0.39 is 6.10 Å². The fraction of sp³-hybridized carbons (Fsp3) is 0.600. The minimum Gasteiger partial charge on any atom is -0.391 e. The average molecular weight is 591 g/mol. The van der Waals surface area contributed by atoms with Gasteiger partial charge in [-0.2, -0.15) is 5.26 Å². The number of urea groups is 1. The predicted octanol–water partition coefficient (Wildman–Crippen LogP) is 5.56. The van der Waals surface area contributed by atoms with Gasteiger partial charge < -0.3 is 30.1 Å². The first-order valence-corrected chi connectivity index (χ1v) is 16.1. The monoisotopic (exact) mass is 590 g/mol. The normalized spacial score (nSPS) is 22.7. The Morgan fingerprint density at radius 1 is 1.07 bits per heavy atom. The molecule has 1 aliphatic heterocycles. The fourth-order valence-corrected chi connectivity index (χ4v) is 6.49. The molecule has 2 fully saturated rings. The van der Waals surface area contributed by atoms with Crippen LogP contribution in [0.25, 0.3) is 0 Å². The van der Waals surface area contributed by atoms with Crippen LogP contribution in [0.2, 0.25) is 0 Å².